The molecule has 2 aromatic rings. The third kappa shape index (κ3) is 3.37. The van der Waals surface area contributed by atoms with Crippen molar-refractivity contribution in [2.24, 2.45) is 0 Å². The van der Waals surface area contributed by atoms with Crippen molar-refractivity contribution in [3.63, 3.8) is 0 Å². The van der Waals surface area contributed by atoms with Crippen LogP contribution in [0.4, 0.5) is 0 Å². The molecule has 0 spiro atoms. The van der Waals surface area contributed by atoms with Crippen molar-refractivity contribution < 1.29 is 9.47 Å². The summed E-state index contributed by atoms with van der Waals surface area (Å²) in [5.74, 6) is 1.69. The first-order valence-electron chi connectivity index (χ1n) is 8.20. The highest BCUT2D eigenvalue weighted by Crippen LogP contribution is 2.39. The molecule has 124 valence electrons. The van der Waals surface area contributed by atoms with E-state index in [4.69, 9.17) is 14.7 Å². The first-order chi connectivity index (χ1) is 11.7. The van der Waals surface area contributed by atoms with E-state index in [1.165, 1.54) is 17.5 Å². The molecule has 0 bridgehead atoms. The summed E-state index contributed by atoms with van der Waals surface area (Å²) >= 11 is 0. The van der Waals surface area contributed by atoms with Crippen LogP contribution in [0.5, 0.6) is 11.5 Å². The van der Waals surface area contributed by atoms with Gasteiger partial charge in [0.05, 0.1) is 25.9 Å². The molecule has 0 N–H and O–H groups in total. The lowest BCUT2D eigenvalue weighted by atomic mass is 10.0. The topological polar surface area (TPSA) is 45.5 Å². The first kappa shape index (κ1) is 16.4. The molecule has 4 nitrogen and oxygen atoms in total. The Morgan fingerprint density at radius 1 is 1.12 bits per heavy atom. The Hall–Kier alpha value is -2.51. The lowest BCUT2D eigenvalue weighted by Crippen LogP contribution is -2.23. The zero-order valence-corrected chi connectivity index (χ0v) is 14.2. The molecule has 1 aliphatic rings. The van der Waals surface area contributed by atoms with E-state index in [-0.39, 0.29) is 0 Å². The Labute approximate surface area is 143 Å². The fraction of sp³-hybridized carbons (Fsp3) is 0.350. The lowest BCUT2D eigenvalue weighted by Gasteiger charge is -2.26. The number of nitrogens with zero attached hydrogens (tertiary/aromatic N) is 2. The van der Waals surface area contributed by atoms with E-state index in [1.54, 1.807) is 14.2 Å². The molecule has 1 heterocycles. The molecule has 0 amide bonds. The molecule has 2 aromatic carbocycles. The van der Waals surface area contributed by atoms with Crippen molar-refractivity contribution >= 4 is 0 Å². The number of hydrogen-bond donors (Lipinski definition) is 0. The molecule has 1 atom stereocenters. The quantitative estimate of drug-likeness (QED) is 0.837. The molecule has 0 aliphatic carbocycles. The zero-order valence-electron chi connectivity index (χ0n) is 14.2. The van der Waals surface area contributed by atoms with Crippen LogP contribution in [-0.4, -0.2) is 25.7 Å². The van der Waals surface area contributed by atoms with Gasteiger partial charge in [-0.25, -0.2) is 0 Å². The molecule has 3 rings (SSSR count). The summed E-state index contributed by atoms with van der Waals surface area (Å²) in [5.41, 5.74) is 3.14. The monoisotopic (exact) mass is 322 g/mol. The normalized spacial score (nSPS) is 17.5. The molecule has 4 heteroatoms. The third-order valence-electron chi connectivity index (χ3n) is 4.63. The number of hydrogen-bond acceptors (Lipinski definition) is 4. The van der Waals surface area contributed by atoms with Gasteiger partial charge >= 0.3 is 0 Å². The summed E-state index contributed by atoms with van der Waals surface area (Å²) in [6, 6.07) is 16.4. The minimum absolute atomic E-state index is 0.349. The number of methoxy groups -OCH3 is 2. The molecular formula is C20H22N2O2. The van der Waals surface area contributed by atoms with Gasteiger partial charge in [0, 0.05) is 24.2 Å². The van der Waals surface area contributed by atoms with E-state index >= 15 is 0 Å². The summed E-state index contributed by atoms with van der Waals surface area (Å²) in [6.45, 7) is 1.95. The highest BCUT2D eigenvalue weighted by Gasteiger charge is 2.28. The van der Waals surface area contributed by atoms with Gasteiger partial charge in [0.2, 0.25) is 0 Å². The summed E-state index contributed by atoms with van der Waals surface area (Å²) in [7, 11) is 3.37. The van der Waals surface area contributed by atoms with Crippen molar-refractivity contribution in [1.82, 2.24) is 4.90 Å². The first-order valence-corrected chi connectivity index (χ1v) is 8.20. The second kappa shape index (κ2) is 7.37. The van der Waals surface area contributed by atoms with Crippen LogP contribution in [0.2, 0.25) is 0 Å². The predicted molar refractivity (Wildman–Crippen MR) is 93.1 cm³/mol. The van der Waals surface area contributed by atoms with Gasteiger partial charge in [-0.3, -0.25) is 4.90 Å². The van der Waals surface area contributed by atoms with Crippen LogP contribution in [0.1, 0.15) is 35.6 Å². The van der Waals surface area contributed by atoms with Crippen LogP contribution in [-0.2, 0) is 6.54 Å². The van der Waals surface area contributed by atoms with Crippen LogP contribution in [0, 0.1) is 11.3 Å². The van der Waals surface area contributed by atoms with E-state index in [1.807, 2.05) is 36.4 Å². The number of nitriles is 1. The van der Waals surface area contributed by atoms with E-state index in [0.29, 0.717) is 11.6 Å². The van der Waals surface area contributed by atoms with Gasteiger partial charge in [-0.15, -0.1) is 0 Å². The fourth-order valence-corrected chi connectivity index (χ4v) is 3.38. The van der Waals surface area contributed by atoms with Crippen LogP contribution in [0.3, 0.4) is 0 Å². The molecule has 1 saturated heterocycles. The van der Waals surface area contributed by atoms with Crippen molar-refractivity contribution in [2.45, 2.75) is 25.4 Å². The van der Waals surface area contributed by atoms with E-state index in [0.717, 1.165) is 31.0 Å². The highest BCUT2D eigenvalue weighted by molar-refractivity contribution is 5.43. The molecule has 1 fully saturated rings. The van der Waals surface area contributed by atoms with Gasteiger partial charge < -0.3 is 9.47 Å². The smallest absolute Gasteiger partial charge is 0.127 e. The fourth-order valence-electron chi connectivity index (χ4n) is 3.38. The van der Waals surface area contributed by atoms with Gasteiger partial charge in [-0.2, -0.15) is 5.26 Å². The number of ether oxygens (including phenoxy) is 2. The summed E-state index contributed by atoms with van der Waals surface area (Å²) < 4.78 is 10.9. The highest BCUT2D eigenvalue weighted by atomic mass is 16.5. The zero-order chi connectivity index (χ0) is 16.9. The molecular weight excluding hydrogens is 300 g/mol. The van der Waals surface area contributed by atoms with Gasteiger partial charge in [-0.05, 0) is 43.1 Å². The Morgan fingerprint density at radius 2 is 1.92 bits per heavy atom. The molecule has 24 heavy (non-hydrogen) atoms. The van der Waals surface area contributed by atoms with Crippen LogP contribution >= 0.6 is 0 Å². The van der Waals surface area contributed by atoms with Gasteiger partial charge in [-0.1, -0.05) is 18.2 Å². The maximum Gasteiger partial charge on any atom is 0.127 e. The lowest BCUT2D eigenvalue weighted by molar-refractivity contribution is 0.242. The molecule has 0 saturated carbocycles. The second-order valence-corrected chi connectivity index (χ2v) is 6.05. The van der Waals surface area contributed by atoms with Crippen molar-refractivity contribution in [2.75, 3.05) is 20.8 Å². The largest absolute Gasteiger partial charge is 0.497 e. The predicted octanol–water partition coefficient (Wildman–Crippen LogP) is 3.91. The van der Waals surface area contributed by atoms with E-state index in [2.05, 4.69) is 17.0 Å². The van der Waals surface area contributed by atoms with Crippen LogP contribution in [0.15, 0.2) is 42.5 Å². The Morgan fingerprint density at radius 3 is 2.58 bits per heavy atom. The maximum atomic E-state index is 8.92. The third-order valence-corrected chi connectivity index (χ3v) is 4.63. The average molecular weight is 322 g/mol. The van der Waals surface area contributed by atoms with E-state index in [9.17, 15) is 0 Å². The maximum absolute atomic E-state index is 8.92. The number of benzene rings is 2. The van der Waals surface area contributed by atoms with Crippen LogP contribution < -0.4 is 9.47 Å². The summed E-state index contributed by atoms with van der Waals surface area (Å²) in [6.07, 6.45) is 2.30. The SMILES string of the molecule is COc1ccc([C@H]2CCCN2Cc2ccc(C#N)cc2)c(OC)c1. The Bertz CT molecular complexity index is 734. The van der Waals surface area contributed by atoms with E-state index < -0.39 is 0 Å². The van der Waals surface area contributed by atoms with Gasteiger partial charge in [0.15, 0.2) is 0 Å². The van der Waals surface area contributed by atoms with Crippen molar-refractivity contribution in [3.8, 4) is 17.6 Å². The Balaban J connectivity index is 1.81. The molecule has 1 aliphatic heterocycles. The van der Waals surface area contributed by atoms with Crippen LogP contribution in [0.25, 0.3) is 0 Å². The summed E-state index contributed by atoms with van der Waals surface area (Å²) in [4.78, 5) is 2.48. The average Bonchev–Trinajstić information content (AvgIpc) is 3.09. The standard InChI is InChI=1S/C20H22N2O2/c1-23-17-9-10-18(20(12-17)24-2)19-4-3-11-22(19)14-16-7-5-15(13-21)6-8-16/h5-10,12,19H,3-4,11,14H2,1-2H3/t19-/m1/s1. The Kier molecular flexibility index (Phi) is 5.02. The molecule has 0 radical (unpaired) electrons. The van der Waals surface area contributed by atoms with Gasteiger partial charge in [0.25, 0.3) is 0 Å². The summed E-state index contributed by atoms with van der Waals surface area (Å²) in [5, 5.41) is 8.92. The van der Waals surface area contributed by atoms with Crippen molar-refractivity contribution in [3.05, 3.63) is 59.2 Å². The minimum atomic E-state index is 0.349. The van der Waals surface area contributed by atoms with Gasteiger partial charge in [0.1, 0.15) is 11.5 Å². The molecule has 0 aromatic heterocycles. The number of rotatable bonds is 5. The minimum Gasteiger partial charge on any atom is -0.497 e. The van der Waals surface area contributed by atoms with Crippen molar-refractivity contribution in [1.29, 1.82) is 5.26 Å². The second-order valence-electron chi connectivity index (χ2n) is 6.05. The number of likely N-dealkylation sites (tertiary alicyclic amines) is 1. The molecule has 0 unspecified atom stereocenters.